The van der Waals surface area contributed by atoms with Gasteiger partial charge in [0, 0.05) is 5.54 Å². The molecule has 4 fully saturated rings. The van der Waals surface area contributed by atoms with Gasteiger partial charge < -0.3 is 16.4 Å². The normalized spacial score (nSPS) is 33.0. The minimum Gasteiger partial charge on any atom is -0.378 e. The molecule has 0 saturated heterocycles. The van der Waals surface area contributed by atoms with Crippen LogP contribution >= 0.6 is 24.8 Å². The predicted molar refractivity (Wildman–Crippen MR) is 108 cm³/mol. The Balaban J connectivity index is 0.00000113. The van der Waals surface area contributed by atoms with E-state index in [4.69, 9.17) is 5.73 Å². The molecule has 25 heavy (non-hydrogen) atoms. The summed E-state index contributed by atoms with van der Waals surface area (Å²) in [6, 6.07) is 7.53. The van der Waals surface area contributed by atoms with Gasteiger partial charge in [0.25, 0.3) is 0 Å². The highest BCUT2D eigenvalue weighted by Gasteiger charge is 2.51. The zero-order valence-electron chi connectivity index (χ0n) is 14.7. The Morgan fingerprint density at radius 1 is 1.04 bits per heavy atom. The number of para-hydroxylation sites is 2. The Morgan fingerprint density at radius 2 is 1.52 bits per heavy atom. The van der Waals surface area contributed by atoms with Gasteiger partial charge in [-0.05, 0) is 75.3 Å². The molecule has 0 spiro atoms. The van der Waals surface area contributed by atoms with E-state index in [-0.39, 0.29) is 36.3 Å². The van der Waals surface area contributed by atoms with Gasteiger partial charge in [0.2, 0.25) is 5.91 Å². The van der Waals surface area contributed by atoms with Gasteiger partial charge in [-0.2, -0.15) is 0 Å². The van der Waals surface area contributed by atoms with Crippen LogP contribution < -0.4 is 16.4 Å². The van der Waals surface area contributed by atoms with Crippen LogP contribution in [0.1, 0.15) is 45.4 Å². The largest absolute Gasteiger partial charge is 0.378 e. The van der Waals surface area contributed by atoms with E-state index in [1.165, 1.54) is 38.5 Å². The number of amides is 1. The second kappa shape index (κ2) is 7.73. The van der Waals surface area contributed by atoms with Crippen molar-refractivity contribution >= 4 is 42.1 Å². The molecule has 4 N–H and O–H groups in total. The molecular weight excluding hydrogens is 357 g/mol. The summed E-state index contributed by atoms with van der Waals surface area (Å²) in [7, 11) is 0. The van der Waals surface area contributed by atoms with E-state index in [2.05, 4.69) is 16.7 Å². The van der Waals surface area contributed by atoms with Crippen molar-refractivity contribution in [1.29, 1.82) is 0 Å². The van der Waals surface area contributed by atoms with E-state index in [1.807, 2.05) is 18.2 Å². The van der Waals surface area contributed by atoms with Gasteiger partial charge in [-0.1, -0.05) is 12.1 Å². The standard InChI is InChI=1S/C19H27N3O.2ClH/c1-12(20)18(23)21-16-4-2-3-5-17(16)22-19-9-13-6-14(10-19)8-15(7-13)11-19;;/h2-5,12-15,22H,6-11,20H2,1H3,(H,21,23);2*1H. The van der Waals surface area contributed by atoms with Crippen molar-refractivity contribution in [3.05, 3.63) is 24.3 Å². The minimum atomic E-state index is -0.498. The lowest BCUT2D eigenvalue weighted by molar-refractivity contribution is -0.117. The second-order valence-corrected chi connectivity index (χ2v) is 8.15. The molecule has 4 aliphatic carbocycles. The molecule has 4 saturated carbocycles. The lowest BCUT2D eigenvalue weighted by Crippen LogP contribution is -2.54. The van der Waals surface area contributed by atoms with Crippen LogP contribution in [0.15, 0.2) is 24.3 Å². The number of anilines is 2. The van der Waals surface area contributed by atoms with Crippen molar-refractivity contribution in [1.82, 2.24) is 0 Å². The topological polar surface area (TPSA) is 67.2 Å². The molecule has 4 aliphatic rings. The van der Waals surface area contributed by atoms with Crippen molar-refractivity contribution in [3.63, 3.8) is 0 Å². The van der Waals surface area contributed by atoms with Crippen molar-refractivity contribution in [2.45, 2.75) is 57.0 Å². The van der Waals surface area contributed by atoms with Crippen LogP contribution in [0.3, 0.4) is 0 Å². The van der Waals surface area contributed by atoms with Crippen molar-refractivity contribution in [2.24, 2.45) is 23.5 Å². The number of benzene rings is 1. The number of nitrogens with two attached hydrogens (primary N) is 1. The average Bonchev–Trinajstić information content (AvgIpc) is 2.47. The number of carbonyl (C=O) groups excluding carboxylic acids is 1. The zero-order chi connectivity index (χ0) is 16.0. The fourth-order valence-corrected chi connectivity index (χ4v) is 5.50. The molecule has 1 aromatic carbocycles. The summed E-state index contributed by atoms with van der Waals surface area (Å²) in [4.78, 5) is 12.0. The van der Waals surface area contributed by atoms with Crippen LogP contribution in [-0.4, -0.2) is 17.5 Å². The Kier molecular flexibility index (Phi) is 6.29. The summed E-state index contributed by atoms with van der Waals surface area (Å²) in [6.45, 7) is 1.71. The van der Waals surface area contributed by atoms with E-state index < -0.39 is 6.04 Å². The summed E-state index contributed by atoms with van der Waals surface area (Å²) in [5.41, 5.74) is 7.83. The predicted octanol–water partition coefficient (Wildman–Crippen LogP) is 4.20. The van der Waals surface area contributed by atoms with E-state index in [9.17, 15) is 4.79 Å². The molecule has 6 heteroatoms. The van der Waals surface area contributed by atoms with E-state index in [1.54, 1.807) is 6.92 Å². The molecule has 0 radical (unpaired) electrons. The maximum Gasteiger partial charge on any atom is 0.241 e. The number of halogens is 2. The van der Waals surface area contributed by atoms with Crippen LogP contribution in [0.2, 0.25) is 0 Å². The first kappa shape index (κ1) is 20.3. The Labute approximate surface area is 162 Å². The zero-order valence-corrected chi connectivity index (χ0v) is 16.3. The molecular formula is C19H29Cl2N3O. The molecule has 4 bridgehead atoms. The third-order valence-corrected chi connectivity index (χ3v) is 6.04. The number of rotatable bonds is 4. The van der Waals surface area contributed by atoms with Crippen molar-refractivity contribution in [2.75, 3.05) is 10.6 Å². The summed E-state index contributed by atoms with van der Waals surface area (Å²) in [5, 5.41) is 6.81. The number of nitrogens with one attached hydrogen (secondary N) is 2. The highest BCUT2D eigenvalue weighted by atomic mass is 35.5. The molecule has 0 heterocycles. The molecule has 1 amide bonds. The number of hydrogen-bond donors (Lipinski definition) is 3. The first-order valence-corrected chi connectivity index (χ1v) is 8.97. The number of carbonyl (C=O) groups is 1. The minimum absolute atomic E-state index is 0. The molecule has 0 aliphatic heterocycles. The summed E-state index contributed by atoms with van der Waals surface area (Å²) >= 11 is 0. The van der Waals surface area contributed by atoms with Gasteiger partial charge in [-0.15, -0.1) is 24.8 Å². The Hall–Kier alpha value is -0.970. The first-order chi connectivity index (χ1) is 11.0. The van der Waals surface area contributed by atoms with Gasteiger partial charge >= 0.3 is 0 Å². The van der Waals surface area contributed by atoms with Crippen LogP contribution in [0.4, 0.5) is 11.4 Å². The van der Waals surface area contributed by atoms with Gasteiger partial charge in [-0.25, -0.2) is 0 Å². The van der Waals surface area contributed by atoms with Crippen molar-refractivity contribution in [3.8, 4) is 0 Å². The van der Waals surface area contributed by atoms with Crippen LogP contribution in [0.5, 0.6) is 0 Å². The highest BCUT2D eigenvalue weighted by Crippen LogP contribution is 2.56. The summed E-state index contributed by atoms with van der Waals surface area (Å²) < 4.78 is 0. The van der Waals surface area contributed by atoms with Gasteiger partial charge in [0.1, 0.15) is 0 Å². The maximum atomic E-state index is 12.0. The fourth-order valence-electron chi connectivity index (χ4n) is 5.50. The SMILES string of the molecule is CC(N)C(=O)Nc1ccccc1NC12CC3CC(CC(C3)C1)C2.Cl.Cl. The Bertz CT molecular complexity index is 585. The molecule has 1 unspecified atom stereocenters. The van der Waals surface area contributed by atoms with E-state index in [0.717, 1.165) is 29.1 Å². The number of hydrogen-bond acceptors (Lipinski definition) is 3. The van der Waals surface area contributed by atoms with E-state index >= 15 is 0 Å². The molecule has 1 aromatic rings. The quantitative estimate of drug-likeness (QED) is 0.727. The molecule has 0 aromatic heterocycles. The molecule has 1 atom stereocenters. The van der Waals surface area contributed by atoms with Crippen LogP contribution in [-0.2, 0) is 4.79 Å². The molecule has 4 nitrogen and oxygen atoms in total. The first-order valence-electron chi connectivity index (χ1n) is 8.97. The molecule has 5 rings (SSSR count). The smallest absolute Gasteiger partial charge is 0.241 e. The lowest BCUT2D eigenvalue weighted by Gasteiger charge is -2.57. The maximum absolute atomic E-state index is 12.0. The van der Waals surface area contributed by atoms with Gasteiger partial charge in [0.15, 0.2) is 0 Å². The highest BCUT2D eigenvalue weighted by molar-refractivity contribution is 5.97. The third kappa shape index (κ3) is 4.07. The second-order valence-electron chi connectivity index (χ2n) is 8.15. The van der Waals surface area contributed by atoms with Gasteiger partial charge in [0.05, 0.1) is 17.4 Å². The third-order valence-electron chi connectivity index (χ3n) is 6.04. The van der Waals surface area contributed by atoms with Crippen molar-refractivity contribution < 1.29 is 4.79 Å². The fraction of sp³-hybridized carbons (Fsp3) is 0.632. The van der Waals surface area contributed by atoms with Gasteiger partial charge in [-0.3, -0.25) is 4.79 Å². The van der Waals surface area contributed by atoms with Crippen LogP contribution in [0.25, 0.3) is 0 Å². The lowest BCUT2D eigenvalue weighted by atomic mass is 9.53. The average molecular weight is 386 g/mol. The monoisotopic (exact) mass is 385 g/mol. The molecule has 140 valence electrons. The summed E-state index contributed by atoms with van der Waals surface area (Å²) in [6.07, 6.45) is 8.16. The van der Waals surface area contributed by atoms with Crippen LogP contribution in [0, 0.1) is 17.8 Å². The summed E-state index contributed by atoms with van der Waals surface area (Å²) in [5.74, 6) is 2.57. The van der Waals surface area contributed by atoms with E-state index in [0.29, 0.717) is 0 Å². The Morgan fingerprint density at radius 3 is 2.00 bits per heavy atom.